The van der Waals surface area contributed by atoms with Crippen molar-refractivity contribution in [1.82, 2.24) is 26.6 Å². The molecule has 3 aliphatic carbocycles. The van der Waals surface area contributed by atoms with Gasteiger partial charge in [-0.1, -0.05) is 173 Å². The van der Waals surface area contributed by atoms with Crippen molar-refractivity contribution in [3.05, 3.63) is 176 Å². The molecule has 5 N–H and O–H groups in total. The Morgan fingerprint density at radius 2 is 0.783 bits per heavy atom. The lowest BCUT2D eigenvalue weighted by Crippen LogP contribution is -2.53. The summed E-state index contributed by atoms with van der Waals surface area (Å²) in [5.74, 6) is -1.72. The molecule has 0 radical (unpaired) electrons. The van der Waals surface area contributed by atoms with Crippen LogP contribution in [0.3, 0.4) is 0 Å². The molecule has 2 atom stereocenters. The van der Waals surface area contributed by atoms with E-state index in [0.717, 1.165) is 53.5 Å². The summed E-state index contributed by atoms with van der Waals surface area (Å²) in [7, 11) is 0. The molecule has 0 aliphatic heterocycles. The summed E-state index contributed by atoms with van der Waals surface area (Å²) in [6, 6.07) is -1.90. The second-order valence-electron chi connectivity index (χ2n) is 27.8. The molecule has 0 aromatic carbocycles. The van der Waals surface area contributed by atoms with Gasteiger partial charge in [-0.3, -0.25) is 24.0 Å². The Kier molecular flexibility index (Phi) is 36.8. The zero-order valence-electron chi connectivity index (χ0n) is 59.9. The van der Waals surface area contributed by atoms with Gasteiger partial charge in [0.1, 0.15) is 12.1 Å². The molecule has 12 nitrogen and oxygen atoms in total. The molecule has 3 rings (SSSR count). The average Bonchev–Trinajstić information content (AvgIpc) is 0.909. The molecule has 0 saturated carbocycles. The van der Waals surface area contributed by atoms with Gasteiger partial charge in [-0.05, 0) is 221 Å². The molecule has 12 heteroatoms. The third kappa shape index (κ3) is 32.3. The van der Waals surface area contributed by atoms with E-state index in [-0.39, 0.29) is 40.4 Å². The van der Waals surface area contributed by atoms with E-state index >= 15 is 0 Å². The van der Waals surface area contributed by atoms with E-state index < -0.39 is 23.9 Å². The fourth-order valence-corrected chi connectivity index (χ4v) is 12.1. The Hall–Kier alpha value is -6.63. The number of allylic oxidation sites excluding steroid dienone is 27. The third-order valence-corrected chi connectivity index (χ3v) is 17.6. The fourth-order valence-electron chi connectivity index (χ4n) is 12.1. The van der Waals surface area contributed by atoms with Crippen LogP contribution in [0.2, 0.25) is 0 Å². The minimum Gasteiger partial charge on any atom is -0.379 e. The SMILES string of the molecule is CCCOCCOCCCNC(=O)[C@@H](CCCCNC(=O)/C=C(C)/C=C/C=C(C)/C=C/C1=C(C)CCCC1(C)C)NC(=O)[C@@H](CCCCNC(=O)/C=C(C)/C=C/C=C(C)/C=C/C1=C(C)CCCC1(C)C)NC(=O)/C=C(C)/C=C/C=C(C)/C=C/C1=C(C)CCCC1(C)C. The predicted octanol–water partition coefficient (Wildman–Crippen LogP) is 17.1. The number of nitrogens with one attached hydrogen (secondary N) is 5. The smallest absolute Gasteiger partial charge is 0.244 e. The fraction of sp³-hybridized carbons (Fsp3) is 0.562. The van der Waals surface area contributed by atoms with Gasteiger partial charge in [0.15, 0.2) is 0 Å². The number of unbranched alkanes of at least 4 members (excludes halogenated alkanes) is 2. The monoisotopic (exact) mass is 1260 g/mol. The first kappa shape index (κ1) is 79.6. The summed E-state index contributed by atoms with van der Waals surface area (Å²) in [5.41, 5.74) is 14.7. The number of rotatable bonds is 38. The first-order valence-corrected chi connectivity index (χ1v) is 34.5. The Bertz CT molecular complexity index is 2930. The molecule has 0 saturated heterocycles. The Balaban J connectivity index is 1.74. The second-order valence-corrected chi connectivity index (χ2v) is 27.8. The Morgan fingerprint density at radius 3 is 1.16 bits per heavy atom. The highest BCUT2D eigenvalue weighted by molar-refractivity contribution is 5.95. The molecular formula is C80H121N5O7. The molecule has 0 aromatic heterocycles. The topological polar surface area (TPSA) is 164 Å². The number of carbonyl (C=O) groups excluding carboxylic acids is 5. The molecule has 0 bridgehead atoms. The van der Waals surface area contributed by atoms with Crippen molar-refractivity contribution >= 4 is 29.5 Å². The summed E-state index contributed by atoms with van der Waals surface area (Å²) in [4.78, 5) is 68.2. The summed E-state index contributed by atoms with van der Waals surface area (Å²) in [5, 5.41) is 14.9. The molecule has 3 aliphatic rings. The van der Waals surface area contributed by atoms with Crippen LogP contribution < -0.4 is 26.6 Å². The summed E-state index contributed by atoms with van der Waals surface area (Å²) in [6.45, 7) is 37.6. The molecule has 508 valence electrons. The zero-order valence-corrected chi connectivity index (χ0v) is 59.9. The number of hydrogen-bond acceptors (Lipinski definition) is 7. The second kappa shape index (κ2) is 42.6. The standard InChI is InChI=1S/C80H121N5O7/c1-17-52-91-54-55-92-53-28-51-83-76(89)71(38-18-20-49-81-73(86)56-62(5)32-22-29-59(2)40-43-68-65(8)35-25-46-78(68,11)12)85-77(90)72(84-75(88)58-64(7)34-24-31-61(4)42-45-70-67(10)37-27-48-80(70,15)16)39-19-21-50-82-74(87)57-63(6)33-23-30-60(3)41-44-69-66(9)36-26-47-79(69,13)14/h22-24,29-34,40-45,56-58,71-72H,17-21,25-28,35-39,46-55H2,1-16H3,(H,81,86)(H,82,87)(H,83,89)(H,84,88)(H,85,90)/b32-22+,33-23+,34-24+,43-40+,44-41+,45-42+,59-29+,60-30+,61-31+,62-56+,63-57+,64-58+/t71-,72-/m1/s1. The zero-order chi connectivity index (χ0) is 68.1. The number of carbonyl (C=O) groups is 5. The molecule has 0 spiro atoms. The lowest BCUT2D eigenvalue weighted by molar-refractivity contribution is -0.131. The minimum absolute atomic E-state index is 0.143. The van der Waals surface area contributed by atoms with Crippen LogP contribution in [-0.4, -0.2) is 87.7 Å². The van der Waals surface area contributed by atoms with Gasteiger partial charge in [0.05, 0.1) is 13.2 Å². The molecule has 0 fully saturated rings. The third-order valence-electron chi connectivity index (χ3n) is 17.6. The van der Waals surface area contributed by atoms with Crippen LogP contribution in [0.4, 0.5) is 0 Å². The van der Waals surface area contributed by atoms with Crippen molar-refractivity contribution in [2.24, 2.45) is 16.2 Å². The van der Waals surface area contributed by atoms with E-state index in [0.29, 0.717) is 90.2 Å². The number of hydrogen-bond donors (Lipinski definition) is 5. The number of amides is 5. The van der Waals surface area contributed by atoms with Gasteiger partial charge < -0.3 is 36.1 Å². The molecule has 92 heavy (non-hydrogen) atoms. The van der Waals surface area contributed by atoms with E-state index in [9.17, 15) is 24.0 Å². The van der Waals surface area contributed by atoms with Crippen molar-refractivity contribution in [1.29, 1.82) is 0 Å². The first-order valence-electron chi connectivity index (χ1n) is 34.5. The minimum atomic E-state index is -0.984. The molecular weight excluding hydrogens is 1140 g/mol. The normalized spacial score (nSPS) is 18.7. The average molecular weight is 1260 g/mol. The maximum atomic E-state index is 14.4. The van der Waals surface area contributed by atoms with E-state index in [4.69, 9.17) is 9.47 Å². The largest absolute Gasteiger partial charge is 0.379 e. The van der Waals surface area contributed by atoms with E-state index in [1.54, 1.807) is 12.2 Å². The first-order chi connectivity index (χ1) is 43.6. The van der Waals surface area contributed by atoms with E-state index in [2.05, 4.69) is 153 Å². The maximum Gasteiger partial charge on any atom is 0.244 e. The van der Waals surface area contributed by atoms with Crippen LogP contribution in [-0.2, 0) is 33.4 Å². The van der Waals surface area contributed by atoms with Crippen LogP contribution in [0.1, 0.15) is 220 Å². The van der Waals surface area contributed by atoms with E-state index in [1.165, 1.54) is 78.0 Å². The summed E-state index contributed by atoms with van der Waals surface area (Å²) >= 11 is 0. The van der Waals surface area contributed by atoms with Gasteiger partial charge in [-0.2, -0.15) is 0 Å². The maximum absolute atomic E-state index is 14.4. The van der Waals surface area contributed by atoms with Crippen molar-refractivity contribution in [2.45, 2.75) is 232 Å². The van der Waals surface area contributed by atoms with Crippen LogP contribution in [0.15, 0.2) is 176 Å². The van der Waals surface area contributed by atoms with Crippen LogP contribution in [0, 0.1) is 16.2 Å². The van der Waals surface area contributed by atoms with Crippen molar-refractivity contribution in [3.8, 4) is 0 Å². The van der Waals surface area contributed by atoms with E-state index in [1.807, 2.05) is 75.5 Å². The van der Waals surface area contributed by atoms with Gasteiger partial charge in [0.2, 0.25) is 29.5 Å². The quantitative estimate of drug-likeness (QED) is 0.0233. The molecule has 0 unspecified atom stereocenters. The Labute approximate surface area is 557 Å². The van der Waals surface area contributed by atoms with Gasteiger partial charge in [-0.15, -0.1) is 0 Å². The highest BCUT2D eigenvalue weighted by Crippen LogP contribution is 2.43. The van der Waals surface area contributed by atoms with Gasteiger partial charge >= 0.3 is 0 Å². The van der Waals surface area contributed by atoms with Crippen molar-refractivity contribution in [2.75, 3.05) is 46.1 Å². The Morgan fingerprint density at radius 1 is 0.424 bits per heavy atom. The van der Waals surface area contributed by atoms with Crippen LogP contribution in [0.5, 0.6) is 0 Å². The predicted molar refractivity (Wildman–Crippen MR) is 386 cm³/mol. The van der Waals surface area contributed by atoms with Crippen molar-refractivity contribution < 1.29 is 33.4 Å². The van der Waals surface area contributed by atoms with Gasteiger partial charge in [0, 0.05) is 51.1 Å². The summed E-state index contributed by atoms with van der Waals surface area (Å²) < 4.78 is 11.2. The molecule has 5 amide bonds. The highest BCUT2D eigenvalue weighted by Gasteiger charge is 2.30. The van der Waals surface area contributed by atoms with Crippen LogP contribution >= 0.6 is 0 Å². The lowest BCUT2D eigenvalue weighted by atomic mass is 9.72. The molecule has 0 heterocycles. The van der Waals surface area contributed by atoms with Gasteiger partial charge in [0.25, 0.3) is 0 Å². The molecule has 0 aromatic rings. The van der Waals surface area contributed by atoms with Gasteiger partial charge in [-0.25, -0.2) is 0 Å². The van der Waals surface area contributed by atoms with Crippen LogP contribution in [0.25, 0.3) is 0 Å². The number of ether oxygens (including phenoxy) is 2. The lowest BCUT2D eigenvalue weighted by Gasteiger charge is -2.33. The summed E-state index contributed by atoms with van der Waals surface area (Å²) in [6.07, 6.45) is 50.3. The van der Waals surface area contributed by atoms with Crippen molar-refractivity contribution in [3.63, 3.8) is 0 Å². The highest BCUT2D eigenvalue weighted by atomic mass is 16.5.